The van der Waals surface area contributed by atoms with Gasteiger partial charge in [0.25, 0.3) is 0 Å². The summed E-state index contributed by atoms with van der Waals surface area (Å²) in [6, 6.07) is 6.32. The smallest absolute Gasteiger partial charge is 0.221 e. The van der Waals surface area contributed by atoms with Crippen LogP contribution in [0, 0.1) is 13.8 Å². The minimum atomic E-state index is -0.0730. The zero-order valence-electron chi connectivity index (χ0n) is 11.3. The third-order valence-corrected chi connectivity index (χ3v) is 2.72. The molecule has 1 aromatic carbocycles. The number of halogens is 1. The van der Waals surface area contributed by atoms with Gasteiger partial charge >= 0.3 is 0 Å². The molecule has 102 valence electrons. The second kappa shape index (κ2) is 8.11. The van der Waals surface area contributed by atoms with Crippen LogP contribution >= 0.6 is 12.4 Å². The molecule has 0 aliphatic rings. The van der Waals surface area contributed by atoms with Crippen LogP contribution in [0.15, 0.2) is 18.2 Å². The second-order valence-corrected chi connectivity index (χ2v) is 4.71. The van der Waals surface area contributed by atoms with E-state index in [2.05, 4.69) is 37.4 Å². The van der Waals surface area contributed by atoms with E-state index in [0.717, 1.165) is 6.42 Å². The molecule has 0 heterocycles. The maximum Gasteiger partial charge on any atom is 0.221 e. The summed E-state index contributed by atoms with van der Waals surface area (Å²) in [4.78, 5) is 11.4. The number of hydrogen-bond donors (Lipinski definition) is 2. The van der Waals surface area contributed by atoms with Crippen molar-refractivity contribution < 1.29 is 4.79 Å². The number of aryl methyl sites for hydroxylation is 2. The van der Waals surface area contributed by atoms with Gasteiger partial charge in [0.05, 0.1) is 0 Å². The van der Waals surface area contributed by atoms with Gasteiger partial charge in [0.1, 0.15) is 0 Å². The maximum atomic E-state index is 11.4. The van der Waals surface area contributed by atoms with Gasteiger partial charge in [-0.1, -0.05) is 23.8 Å². The highest BCUT2D eigenvalue weighted by Crippen LogP contribution is 2.10. The number of hydrogen-bond acceptors (Lipinski definition) is 2. The first kappa shape index (κ1) is 16.9. The van der Waals surface area contributed by atoms with Crippen LogP contribution in [0.1, 0.15) is 30.0 Å². The number of nitrogens with two attached hydrogens (primary N) is 1. The van der Waals surface area contributed by atoms with Crippen LogP contribution in [0.3, 0.4) is 0 Å². The Morgan fingerprint density at radius 3 is 2.61 bits per heavy atom. The van der Waals surface area contributed by atoms with E-state index in [9.17, 15) is 4.79 Å². The van der Waals surface area contributed by atoms with Gasteiger partial charge in [-0.05, 0) is 38.3 Å². The number of carbonyl (C=O) groups excluding carboxylic acids is 1. The van der Waals surface area contributed by atoms with Gasteiger partial charge in [-0.3, -0.25) is 4.79 Å². The molecule has 1 unspecified atom stereocenters. The summed E-state index contributed by atoms with van der Waals surface area (Å²) >= 11 is 0. The zero-order valence-corrected chi connectivity index (χ0v) is 12.1. The molecule has 0 saturated heterocycles. The fourth-order valence-electron chi connectivity index (χ4n) is 1.83. The molecule has 0 aliphatic carbocycles. The van der Waals surface area contributed by atoms with Crippen molar-refractivity contribution in [3.63, 3.8) is 0 Å². The normalized spacial score (nSPS) is 11.6. The molecule has 1 aromatic rings. The van der Waals surface area contributed by atoms with E-state index in [4.69, 9.17) is 5.73 Å². The van der Waals surface area contributed by atoms with E-state index in [1.165, 1.54) is 16.7 Å². The lowest BCUT2D eigenvalue weighted by atomic mass is 10.0. The summed E-state index contributed by atoms with van der Waals surface area (Å²) in [7, 11) is 0. The Kier molecular flexibility index (Phi) is 7.64. The lowest BCUT2D eigenvalue weighted by molar-refractivity contribution is -0.121. The van der Waals surface area contributed by atoms with E-state index in [-0.39, 0.29) is 24.4 Å². The molecule has 3 N–H and O–H groups in total. The number of amides is 1. The summed E-state index contributed by atoms with van der Waals surface area (Å²) in [5, 5.41) is 2.89. The highest BCUT2D eigenvalue weighted by atomic mass is 35.5. The topological polar surface area (TPSA) is 55.1 Å². The largest absolute Gasteiger partial charge is 0.356 e. The molecule has 4 heteroatoms. The van der Waals surface area contributed by atoms with E-state index in [1.807, 2.05) is 6.92 Å². The minimum absolute atomic E-state index is 0. The molecular weight excluding hydrogens is 248 g/mol. The van der Waals surface area contributed by atoms with Crippen molar-refractivity contribution in [2.24, 2.45) is 5.73 Å². The molecule has 1 rings (SSSR count). The van der Waals surface area contributed by atoms with Gasteiger partial charge in [-0.15, -0.1) is 12.4 Å². The Bertz CT molecular complexity index is 391. The first-order valence-corrected chi connectivity index (χ1v) is 6.07. The zero-order chi connectivity index (χ0) is 12.8. The molecule has 1 atom stereocenters. The highest BCUT2D eigenvalue weighted by Gasteiger charge is 2.04. The van der Waals surface area contributed by atoms with Crippen molar-refractivity contribution in [2.75, 3.05) is 6.54 Å². The monoisotopic (exact) mass is 270 g/mol. The highest BCUT2D eigenvalue weighted by molar-refractivity contribution is 5.85. The Balaban J connectivity index is 0.00000289. The third-order valence-electron chi connectivity index (χ3n) is 2.72. The van der Waals surface area contributed by atoms with Crippen LogP contribution in [-0.4, -0.2) is 18.5 Å². The quantitative estimate of drug-likeness (QED) is 0.861. The van der Waals surface area contributed by atoms with E-state index in [1.54, 1.807) is 0 Å². The molecule has 0 aromatic heterocycles. The standard InChI is InChI=1S/C14H22N2O.ClH/c1-10-4-5-13(11(2)8-10)6-7-16-14(17)9-12(3)15;/h4-5,8,12H,6-7,9,15H2,1-3H3,(H,16,17);1H. The molecule has 0 fully saturated rings. The summed E-state index contributed by atoms with van der Waals surface area (Å²) in [6.45, 7) is 6.70. The van der Waals surface area contributed by atoms with Crippen molar-refractivity contribution in [1.29, 1.82) is 0 Å². The van der Waals surface area contributed by atoms with Crippen LogP contribution in [0.25, 0.3) is 0 Å². The molecule has 0 saturated carbocycles. The van der Waals surface area contributed by atoms with Crippen molar-refractivity contribution >= 4 is 18.3 Å². The third kappa shape index (κ3) is 6.03. The Hall–Kier alpha value is -1.06. The molecule has 0 aliphatic heterocycles. The number of rotatable bonds is 5. The van der Waals surface area contributed by atoms with Gasteiger partial charge in [-0.25, -0.2) is 0 Å². The fourth-order valence-corrected chi connectivity index (χ4v) is 1.83. The van der Waals surface area contributed by atoms with Crippen molar-refractivity contribution in [3.8, 4) is 0 Å². The first-order chi connectivity index (χ1) is 7.99. The Morgan fingerprint density at radius 2 is 2.06 bits per heavy atom. The van der Waals surface area contributed by atoms with Crippen molar-refractivity contribution in [2.45, 2.75) is 39.7 Å². The van der Waals surface area contributed by atoms with Gasteiger partial charge in [-0.2, -0.15) is 0 Å². The van der Waals surface area contributed by atoms with Gasteiger partial charge < -0.3 is 11.1 Å². The summed E-state index contributed by atoms with van der Waals surface area (Å²) in [5.74, 6) is 0.0322. The predicted molar refractivity (Wildman–Crippen MR) is 78.1 cm³/mol. The van der Waals surface area contributed by atoms with E-state index in [0.29, 0.717) is 13.0 Å². The summed E-state index contributed by atoms with van der Waals surface area (Å²) in [6.07, 6.45) is 1.27. The molecule has 3 nitrogen and oxygen atoms in total. The number of benzene rings is 1. The minimum Gasteiger partial charge on any atom is -0.356 e. The molecular formula is C14H23ClN2O. The maximum absolute atomic E-state index is 11.4. The molecule has 1 amide bonds. The van der Waals surface area contributed by atoms with Gasteiger partial charge in [0.2, 0.25) is 5.91 Å². The van der Waals surface area contributed by atoms with Crippen LogP contribution in [0.2, 0.25) is 0 Å². The Labute approximate surface area is 116 Å². The molecule has 0 spiro atoms. The fraction of sp³-hybridized carbons (Fsp3) is 0.500. The average Bonchev–Trinajstić information content (AvgIpc) is 2.20. The van der Waals surface area contributed by atoms with Crippen molar-refractivity contribution in [3.05, 3.63) is 34.9 Å². The van der Waals surface area contributed by atoms with Crippen LogP contribution in [-0.2, 0) is 11.2 Å². The molecule has 18 heavy (non-hydrogen) atoms. The predicted octanol–water partition coefficient (Wildman–Crippen LogP) is 2.12. The Morgan fingerprint density at radius 1 is 1.39 bits per heavy atom. The summed E-state index contributed by atoms with van der Waals surface area (Å²) in [5.41, 5.74) is 9.40. The van der Waals surface area contributed by atoms with Crippen molar-refractivity contribution in [1.82, 2.24) is 5.32 Å². The lowest BCUT2D eigenvalue weighted by Gasteiger charge is -2.09. The molecule has 0 bridgehead atoms. The van der Waals surface area contributed by atoms with Crippen LogP contribution in [0.4, 0.5) is 0 Å². The summed E-state index contributed by atoms with van der Waals surface area (Å²) < 4.78 is 0. The van der Waals surface area contributed by atoms with Crippen LogP contribution < -0.4 is 11.1 Å². The molecule has 0 radical (unpaired) electrons. The van der Waals surface area contributed by atoms with Gasteiger partial charge in [0, 0.05) is 19.0 Å². The average molecular weight is 271 g/mol. The number of carbonyl (C=O) groups is 1. The lowest BCUT2D eigenvalue weighted by Crippen LogP contribution is -2.31. The van der Waals surface area contributed by atoms with Gasteiger partial charge in [0.15, 0.2) is 0 Å². The van der Waals surface area contributed by atoms with E-state index < -0.39 is 0 Å². The first-order valence-electron chi connectivity index (χ1n) is 6.07. The SMILES string of the molecule is Cc1ccc(CCNC(=O)CC(C)N)c(C)c1.Cl. The number of nitrogens with one attached hydrogen (secondary N) is 1. The van der Waals surface area contributed by atoms with Crippen LogP contribution in [0.5, 0.6) is 0 Å². The second-order valence-electron chi connectivity index (χ2n) is 4.71. The van der Waals surface area contributed by atoms with E-state index >= 15 is 0 Å².